The van der Waals surface area contributed by atoms with Crippen LogP contribution >= 0.6 is 11.6 Å². The van der Waals surface area contributed by atoms with E-state index in [9.17, 15) is 0 Å². The van der Waals surface area contributed by atoms with Crippen molar-refractivity contribution in [3.8, 4) is 0 Å². The monoisotopic (exact) mass is 242 g/mol. The van der Waals surface area contributed by atoms with Crippen molar-refractivity contribution in [3.05, 3.63) is 34.9 Å². The maximum absolute atomic E-state index is 6.05. The van der Waals surface area contributed by atoms with Gasteiger partial charge in [0.25, 0.3) is 0 Å². The Kier molecular flexibility index (Phi) is 5.77. The summed E-state index contributed by atoms with van der Waals surface area (Å²) in [5.41, 5.74) is 7.09. The third-order valence-electron chi connectivity index (χ3n) is 2.38. The molecule has 0 aromatic heterocycles. The lowest BCUT2D eigenvalue weighted by Crippen LogP contribution is -2.36. The molecule has 0 heterocycles. The predicted molar refractivity (Wildman–Crippen MR) is 67.7 cm³/mol. The van der Waals surface area contributed by atoms with Gasteiger partial charge in [-0.25, -0.2) is 0 Å². The highest BCUT2D eigenvalue weighted by atomic mass is 35.5. The van der Waals surface area contributed by atoms with E-state index < -0.39 is 0 Å². The summed E-state index contributed by atoms with van der Waals surface area (Å²) in [7, 11) is 1.69. The van der Waals surface area contributed by atoms with Crippen molar-refractivity contribution in [1.29, 1.82) is 0 Å². The third-order valence-corrected chi connectivity index (χ3v) is 2.61. The fourth-order valence-corrected chi connectivity index (χ4v) is 1.69. The molecular weight excluding hydrogens is 224 g/mol. The number of ether oxygens (including phenoxy) is 1. The van der Waals surface area contributed by atoms with E-state index >= 15 is 0 Å². The van der Waals surface area contributed by atoms with Gasteiger partial charge in [-0.2, -0.15) is 0 Å². The SMILES string of the molecule is COCC(C)NCC(N)c1cccc(Cl)c1. The van der Waals surface area contributed by atoms with E-state index in [1.54, 1.807) is 7.11 Å². The average molecular weight is 243 g/mol. The number of hydrogen-bond acceptors (Lipinski definition) is 3. The van der Waals surface area contributed by atoms with E-state index in [4.69, 9.17) is 22.1 Å². The Bertz CT molecular complexity index is 320. The van der Waals surface area contributed by atoms with Gasteiger partial charge in [-0.05, 0) is 24.6 Å². The van der Waals surface area contributed by atoms with Gasteiger partial charge in [0.1, 0.15) is 0 Å². The lowest BCUT2D eigenvalue weighted by atomic mass is 10.1. The molecule has 1 rings (SSSR count). The molecule has 90 valence electrons. The molecule has 0 radical (unpaired) electrons. The maximum atomic E-state index is 6.05. The number of nitrogens with one attached hydrogen (secondary N) is 1. The minimum atomic E-state index is -0.0435. The molecule has 0 aliphatic rings. The molecule has 0 spiro atoms. The van der Waals surface area contributed by atoms with Gasteiger partial charge in [-0.1, -0.05) is 23.7 Å². The zero-order valence-corrected chi connectivity index (χ0v) is 10.5. The lowest BCUT2D eigenvalue weighted by Gasteiger charge is -2.17. The summed E-state index contributed by atoms with van der Waals surface area (Å²) in [6.07, 6.45) is 0. The first kappa shape index (κ1) is 13.5. The van der Waals surface area contributed by atoms with E-state index in [2.05, 4.69) is 12.2 Å². The van der Waals surface area contributed by atoms with Crippen LogP contribution in [0.3, 0.4) is 0 Å². The zero-order chi connectivity index (χ0) is 12.0. The van der Waals surface area contributed by atoms with E-state index in [1.165, 1.54) is 0 Å². The Morgan fingerprint density at radius 1 is 1.50 bits per heavy atom. The third kappa shape index (κ3) is 4.49. The molecular formula is C12H19ClN2O. The van der Waals surface area contributed by atoms with Gasteiger partial charge in [0, 0.05) is 30.8 Å². The minimum Gasteiger partial charge on any atom is -0.383 e. The van der Waals surface area contributed by atoms with Crippen LogP contribution < -0.4 is 11.1 Å². The Morgan fingerprint density at radius 3 is 2.88 bits per heavy atom. The van der Waals surface area contributed by atoms with Crippen molar-refractivity contribution in [2.24, 2.45) is 5.73 Å². The molecule has 0 fully saturated rings. The van der Waals surface area contributed by atoms with Gasteiger partial charge in [-0.3, -0.25) is 0 Å². The fourth-order valence-electron chi connectivity index (χ4n) is 1.49. The first-order valence-electron chi connectivity index (χ1n) is 5.37. The molecule has 3 nitrogen and oxygen atoms in total. The van der Waals surface area contributed by atoms with E-state index in [-0.39, 0.29) is 6.04 Å². The quantitative estimate of drug-likeness (QED) is 0.802. The number of hydrogen-bond donors (Lipinski definition) is 2. The van der Waals surface area contributed by atoms with Crippen molar-refractivity contribution < 1.29 is 4.74 Å². The summed E-state index contributed by atoms with van der Waals surface area (Å²) < 4.78 is 5.04. The smallest absolute Gasteiger partial charge is 0.0613 e. The number of nitrogens with two attached hydrogens (primary N) is 1. The molecule has 4 heteroatoms. The van der Waals surface area contributed by atoms with Gasteiger partial charge >= 0.3 is 0 Å². The number of methoxy groups -OCH3 is 1. The highest BCUT2D eigenvalue weighted by Crippen LogP contribution is 2.15. The standard InChI is InChI=1S/C12H19ClN2O/c1-9(8-16-2)15-7-12(14)10-4-3-5-11(13)6-10/h3-6,9,12,15H,7-8,14H2,1-2H3. The number of benzene rings is 1. The van der Waals surface area contributed by atoms with Crippen molar-refractivity contribution in [2.75, 3.05) is 20.3 Å². The Balaban J connectivity index is 2.43. The molecule has 0 amide bonds. The van der Waals surface area contributed by atoms with Crippen LogP contribution in [0.1, 0.15) is 18.5 Å². The summed E-state index contributed by atoms with van der Waals surface area (Å²) in [5.74, 6) is 0. The van der Waals surface area contributed by atoms with E-state index in [0.29, 0.717) is 19.2 Å². The van der Waals surface area contributed by atoms with Crippen LogP contribution in [0.2, 0.25) is 5.02 Å². The van der Waals surface area contributed by atoms with Gasteiger partial charge in [0.05, 0.1) is 6.61 Å². The highest BCUT2D eigenvalue weighted by Gasteiger charge is 2.08. The predicted octanol–water partition coefficient (Wildman–Crippen LogP) is 1.96. The highest BCUT2D eigenvalue weighted by molar-refractivity contribution is 6.30. The molecule has 0 saturated heterocycles. The lowest BCUT2D eigenvalue weighted by molar-refractivity contribution is 0.171. The van der Waals surface area contributed by atoms with Crippen LogP contribution in [-0.4, -0.2) is 26.3 Å². The van der Waals surface area contributed by atoms with Crippen molar-refractivity contribution in [2.45, 2.75) is 19.0 Å². The van der Waals surface area contributed by atoms with Crippen LogP contribution in [0.25, 0.3) is 0 Å². The van der Waals surface area contributed by atoms with Gasteiger partial charge < -0.3 is 15.8 Å². The molecule has 0 aliphatic carbocycles. The van der Waals surface area contributed by atoms with Crippen LogP contribution in [0.4, 0.5) is 0 Å². The summed E-state index contributed by atoms with van der Waals surface area (Å²) in [4.78, 5) is 0. The van der Waals surface area contributed by atoms with Crippen molar-refractivity contribution in [1.82, 2.24) is 5.32 Å². The topological polar surface area (TPSA) is 47.3 Å². The Morgan fingerprint density at radius 2 is 2.25 bits per heavy atom. The van der Waals surface area contributed by atoms with Crippen LogP contribution in [0.15, 0.2) is 24.3 Å². The second-order valence-corrected chi connectivity index (χ2v) is 4.36. The van der Waals surface area contributed by atoms with Crippen molar-refractivity contribution >= 4 is 11.6 Å². The molecule has 0 bridgehead atoms. The summed E-state index contributed by atoms with van der Waals surface area (Å²) >= 11 is 5.91. The number of halogens is 1. The molecule has 1 aromatic carbocycles. The van der Waals surface area contributed by atoms with Crippen LogP contribution in [0, 0.1) is 0 Å². The van der Waals surface area contributed by atoms with Gasteiger partial charge in [0.2, 0.25) is 0 Å². The zero-order valence-electron chi connectivity index (χ0n) is 9.74. The molecule has 1 aromatic rings. The summed E-state index contributed by atoms with van der Waals surface area (Å²) in [5, 5.41) is 4.03. The number of rotatable bonds is 6. The second kappa shape index (κ2) is 6.86. The Labute approximate surface area is 102 Å². The van der Waals surface area contributed by atoms with Gasteiger partial charge in [-0.15, -0.1) is 0 Å². The van der Waals surface area contributed by atoms with E-state index in [1.807, 2.05) is 24.3 Å². The van der Waals surface area contributed by atoms with Crippen LogP contribution in [-0.2, 0) is 4.74 Å². The van der Waals surface area contributed by atoms with Crippen LogP contribution in [0.5, 0.6) is 0 Å². The van der Waals surface area contributed by atoms with Crippen molar-refractivity contribution in [3.63, 3.8) is 0 Å². The van der Waals surface area contributed by atoms with E-state index in [0.717, 1.165) is 10.6 Å². The maximum Gasteiger partial charge on any atom is 0.0613 e. The molecule has 0 aliphatic heterocycles. The molecule has 16 heavy (non-hydrogen) atoms. The molecule has 2 atom stereocenters. The Hall–Kier alpha value is -0.610. The summed E-state index contributed by atoms with van der Waals surface area (Å²) in [6, 6.07) is 7.90. The first-order chi connectivity index (χ1) is 7.63. The average Bonchev–Trinajstić information content (AvgIpc) is 2.26. The summed E-state index contributed by atoms with van der Waals surface area (Å²) in [6.45, 7) is 3.46. The largest absolute Gasteiger partial charge is 0.383 e. The molecule has 0 saturated carbocycles. The first-order valence-corrected chi connectivity index (χ1v) is 5.74. The normalized spacial score (nSPS) is 14.8. The second-order valence-electron chi connectivity index (χ2n) is 3.93. The molecule has 2 unspecified atom stereocenters. The fraction of sp³-hybridized carbons (Fsp3) is 0.500. The van der Waals surface area contributed by atoms with Gasteiger partial charge in [0.15, 0.2) is 0 Å². The minimum absolute atomic E-state index is 0.0435. The molecule has 3 N–H and O–H groups in total.